The van der Waals surface area contributed by atoms with Gasteiger partial charge in [0.1, 0.15) is 4.90 Å². The van der Waals surface area contributed by atoms with Crippen LogP contribution in [0.1, 0.15) is 18.9 Å². The van der Waals surface area contributed by atoms with E-state index in [0.29, 0.717) is 0 Å². The molecule has 0 saturated carbocycles. The molecule has 1 fully saturated rings. The zero-order valence-electron chi connectivity index (χ0n) is 11.2. The molecule has 0 radical (unpaired) electrons. The Kier molecular flexibility index (Phi) is 4.23. The van der Waals surface area contributed by atoms with Crippen molar-refractivity contribution in [3.8, 4) is 6.07 Å². The lowest BCUT2D eigenvalue weighted by atomic mass is 10.0. The average molecular weight is 329 g/mol. The van der Waals surface area contributed by atoms with Crippen LogP contribution in [0.4, 0.5) is 0 Å². The third-order valence-electron chi connectivity index (χ3n) is 3.66. The Hall–Kier alpha value is -1.62. The first-order valence-corrected chi connectivity index (χ1v) is 8.05. The van der Waals surface area contributed by atoms with E-state index >= 15 is 0 Å². The fourth-order valence-corrected chi connectivity index (χ4v) is 4.66. The van der Waals surface area contributed by atoms with Crippen molar-refractivity contribution in [1.82, 2.24) is 4.31 Å². The summed E-state index contributed by atoms with van der Waals surface area (Å²) in [7, 11) is -3.93. The van der Waals surface area contributed by atoms with Gasteiger partial charge in [0.05, 0.1) is 22.6 Å². The summed E-state index contributed by atoms with van der Waals surface area (Å²) in [6.07, 6.45) is 0.255. The first-order chi connectivity index (χ1) is 9.78. The van der Waals surface area contributed by atoms with E-state index in [9.17, 15) is 13.2 Å². The summed E-state index contributed by atoms with van der Waals surface area (Å²) < 4.78 is 26.4. The molecule has 2 rings (SSSR count). The Morgan fingerprint density at radius 1 is 1.52 bits per heavy atom. The van der Waals surface area contributed by atoms with Gasteiger partial charge >= 0.3 is 5.97 Å². The van der Waals surface area contributed by atoms with Gasteiger partial charge < -0.3 is 5.11 Å². The number of hydrogen-bond acceptors (Lipinski definition) is 4. The fraction of sp³-hybridized carbons (Fsp3) is 0.385. The standard InChI is InChI=1S/C13H13ClN2O4S/c1-8-10(13(17)18)4-5-16(8)21(19,20)12-6-9(7-15)2-3-11(12)14/h2-3,6,8,10H,4-5H2,1H3,(H,17,18). The predicted octanol–water partition coefficient (Wildman–Crippen LogP) is 1.70. The molecular weight excluding hydrogens is 316 g/mol. The number of nitriles is 1. The van der Waals surface area contributed by atoms with Crippen LogP contribution in [0.3, 0.4) is 0 Å². The van der Waals surface area contributed by atoms with Crippen LogP contribution in [0.2, 0.25) is 5.02 Å². The molecule has 1 aromatic carbocycles. The van der Waals surface area contributed by atoms with E-state index in [0.717, 1.165) is 4.31 Å². The molecule has 0 spiro atoms. The van der Waals surface area contributed by atoms with Gasteiger partial charge in [-0.15, -0.1) is 0 Å². The number of carboxylic acid groups (broad SMARTS) is 1. The molecule has 8 heteroatoms. The Morgan fingerprint density at radius 2 is 2.19 bits per heavy atom. The van der Waals surface area contributed by atoms with Gasteiger partial charge in [-0.25, -0.2) is 8.42 Å². The van der Waals surface area contributed by atoms with Crippen molar-refractivity contribution in [2.75, 3.05) is 6.54 Å². The molecule has 0 bridgehead atoms. The van der Waals surface area contributed by atoms with Gasteiger partial charge in [-0.3, -0.25) is 4.79 Å². The highest BCUT2D eigenvalue weighted by molar-refractivity contribution is 7.89. The molecule has 2 unspecified atom stereocenters. The second-order valence-electron chi connectivity index (χ2n) is 4.85. The molecule has 112 valence electrons. The highest BCUT2D eigenvalue weighted by atomic mass is 35.5. The predicted molar refractivity (Wildman–Crippen MR) is 75.3 cm³/mol. The smallest absolute Gasteiger partial charge is 0.308 e. The van der Waals surface area contributed by atoms with Crippen LogP contribution in [0.15, 0.2) is 23.1 Å². The Labute approximate surface area is 127 Å². The zero-order chi connectivity index (χ0) is 15.8. The minimum atomic E-state index is -3.93. The van der Waals surface area contributed by atoms with E-state index in [1.807, 2.05) is 6.07 Å². The molecule has 1 aromatic rings. The van der Waals surface area contributed by atoms with Gasteiger partial charge in [-0.05, 0) is 31.5 Å². The number of halogens is 1. The molecule has 0 aliphatic carbocycles. The molecule has 2 atom stereocenters. The molecule has 0 aromatic heterocycles. The lowest BCUT2D eigenvalue weighted by Gasteiger charge is -2.23. The van der Waals surface area contributed by atoms with Crippen molar-refractivity contribution < 1.29 is 18.3 Å². The summed E-state index contributed by atoms with van der Waals surface area (Å²) in [6.45, 7) is 1.68. The van der Waals surface area contributed by atoms with Crippen LogP contribution < -0.4 is 0 Å². The van der Waals surface area contributed by atoms with Crippen LogP contribution in [0.25, 0.3) is 0 Å². The number of rotatable bonds is 3. The van der Waals surface area contributed by atoms with Crippen LogP contribution in [-0.4, -0.2) is 36.4 Å². The zero-order valence-corrected chi connectivity index (χ0v) is 12.7. The van der Waals surface area contributed by atoms with Crippen molar-refractivity contribution in [1.29, 1.82) is 5.26 Å². The number of hydrogen-bond donors (Lipinski definition) is 1. The second-order valence-corrected chi connectivity index (χ2v) is 7.11. The monoisotopic (exact) mass is 328 g/mol. The minimum Gasteiger partial charge on any atom is -0.481 e. The topological polar surface area (TPSA) is 98.5 Å². The van der Waals surface area contributed by atoms with Crippen LogP contribution >= 0.6 is 11.6 Å². The van der Waals surface area contributed by atoms with E-state index < -0.39 is 28.0 Å². The van der Waals surface area contributed by atoms with E-state index in [1.54, 1.807) is 6.92 Å². The van der Waals surface area contributed by atoms with Crippen LogP contribution in [0, 0.1) is 17.2 Å². The van der Waals surface area contributed by atoms with Crippen molar-refractivity contribution in [3.63, 3.8) is 0 Å². The Morgan fingerprint density at radius 3 is 2.71 bits per heavy atom. The van der Waals surface area contributed by atoms with Crippen molar-refractivity contribution in [3.05, 3.63) is 28.8 Å². The SMILES string of the molecule is CC1C(C(=O)O)CCN1S(=O)(=O)c1cc(C#N)ccc1Cl. The summed E-state index contributed by atoms with van der Waals surface area (Å²) in [5, 5.41) is 18.0. The van der Waals surface area contributed by atoms with E-state index in [2.05, 4.69) is 0 Å². The number of aliphatic carboxylic acids is 1. The highest BCUT2D eigenvalue weighted by Gasteiger charge is 2.42. The van der Waals surface area contributed by atoms with E-state index in [-0.39, 0.29) is 28.4 Å². The molecule has 1 saturated heterocycles. The average Bonchev–Trinajstić information content (AvgIpc) is 2.81. The summed E-state index contributed by atoms with van der Waals surface area (Å²) in [6, 6.07) is 5.18. The molecule has 21 heavy (non-hydrogen) atoms. The van der Waals surface area contributed by atoms with Crippen LogP contribution in [0.5, 0.6) is 0 Å². The maximum atomic E-state index is 12.6. The van der Waals surface area contributed by atoms with Gasteiger partial charge in [-0.1, -0.05) is 11.6 Å². The third-order valence-corrected chi connectivity index (χ3v) is 6.13. The molecule has 1 heterocycles. The van der Waals surface area contributed by atoms with E-state index in [1.165, 1.54) is 18.2 Å². The molecular formula is C13H13ClN2O4S. The third kappa shape index (κ3) is 2.75. The fourth-order valence-electron chi connectivity index (χ4n) is 2.48. The maximum Gasteiger partial charge on any atom is 0.308 e. The lowest BCUT2D eigenvalue weighted by Crippen LogP contribution is -2.37. The van der Waals surface area contributed by atoms with Gasteiger partial charge in [-0.2, -0.15) is 9.57 Å². The van der Waals surface area contributed by atoms with Crippen molar-refractivity contribution in [2.24, 2.45) is 5.92 Å². The molecule has 1 N–H and O–H groups in total. The van der Waals surface area contributed by atoms with E-state index in [4.69, 9.17) is 22.0 Å². The molecule has 6 nitrogen and oxygen atoms in total. The number of carbonyl (C=O) groups is 1. The first kappa shape index (κ1) is 15.8. The maximum absolute atomic E-state index is 12.6. The largest absolute Gasteiger partial charge is 0.481 e. The summed E-state index contributed by atoms with van der Waals surface area (Å²) in [5.41, 5.74) is 0.180. The lowest BCUT2D eigenvalue weighted by molar-refractivity contribution is -0.142. The quantitative estimate of drug-likeness (QED) is 0.910. The summed E-state index contributed by atoms with van der Waals surface area (Å²) >= 11 is 5.93. The Balaban J connectivity index is 2.45. The minimum absolute atomic E-state index is 0.0139. The number of carboxylic acids is 1. The second kappa shape index (κ2) is 5.64. The molecule has 1 aliphatic rings. The first-order valence-electron chi connectivity index (χ1n) is 6.23. The van der Waals surface area contributed by atoms with Crippen molar-refractivity contribution in [2.45, 2.75) is 24.3 Å². The van der Waals surface area contributed by atoms with Gasteiger partial charge in [0.25, 0.3) is 0 Å². The molecule has 0 amide bonds. The number of nitrogens with zero attached hydrogens (tertiary/aromatic N) is 2. The van der Waals surface area contributed by atoms with Gasteiger partial charge in [0, 0.05) is 12.6 Å². The normalized spacial score (nSPS) is 22.9. The summed E-state index contributed by atoms with van der Waals surface area (Å²) in [4.78, 5) is 10.9. The van der Waals surface area contributed by atoms with Gasteiger partial charge in [0.15, 0.2) is 0 Å². The van der Waals surface area contributed by atoms with Gasteiger partial charge in [0.2, 0.25) is 10.0 Å². The van der Waals surface area contributed by atoms with Crippen molar-refractivity contribution >= 4 is 27.6 Å². The molecule has 1 aliphatic heterocycles. The van der Waals surface area contributed by atoms with Crippen LogP contribution in [-0.2, 0) is 14.8 Å². The number of benzene rings is 1. The highest BCUT2D eigenvalue weighted by Crippen LogP contribution is 2.33. The number of sulfonamides is 1. The summed E-state index contributed by atoms with van der Waals surface area (Å²) in [5.74, 6) is -1.75. The Bertz CT molecular complexity index is 726.